The second-order valence-electron chi connectivity index (χ2n) is 3.23. The van der Waals surface area contributed by atoms with E-state index in [1.165, 1.54) is 6.07 Å². The van der Waals surface area contributed by atoms with Gasteiger partial charge in [-0.1, -0.05) is 23.2 Å². The van der Waals surface area contributed by atoms with Gasteiger partial charge in [0, 0.05) is 5.69 Å². The molecule has 0 radical (unpaired) electrons. The molecule has 0 aliphatic heterocycles. The lowest BCUT2D eigenvalue weighted by atomic mass is 10.3. The molecule has 7 heteroatoms. The number of nitrogens with one attached hydrogen (secondary N) is 1. The molecule has 0 aliphatic rings. The molecule has 0 aromatic heterocycles. The minimum absolute atomic E-state index is 0.166. The van der Waals surface area contributed by atoms with Crippen molar-refractivity contribution in [3.63, 3.8) is 0 Å². The Bertz CT molecular complexity index is 517. The van der Waals surface area contributed by atoms with Crippen molar-refractivity contribution in [2.24, 2.45) is 0 Å². The van der Waals surface area contributed by atoms with Gasteiger partial charge in [-0.25, -0.2) is 4.79 Å². The van der Waals surface area contributed by atoms with Crippen LogP contribution in [0.4, 0.5) is 10.5 Å². The van der Waals surface area contributed by atoms with Crippen LogP contribution in [0.5, 0.6) is 0 Å². The summed E-state index contributed by atoms with van der Waals surface area (Å²) >= 11 is 11.5. The molecule has 0 saturated heterocycles. The molecule has 1 rings (SSSR count). The van der Waals surface area contributed by atoms with E-state index >= 15 is 0 Å². The molecule has 1 N–H and O–H groups in total. The standard InChI is InChI=1S/C11H8Cl2N4O/c12-9-2-1-8(7-10(9)13)16-11(18)17(5-3-14)6-4-15/h1-2,7H,5-6H2,(H,16,18). The Labute approximate surface area is 114 Å². The van der Waals surface area contributed by atoms with Crippen molar-refractivity contribution in [3.05, 3.63) is 28.2 Å². The van der Waals surface area contributed by atoms with Gasteiger partial charge in [-0.3, -0.25) is 4.90 Å². The molecule has 1 aromatic carbocycles. The molecule has 0 fully saturated rings. The maximum atomic E-state index is 11.7. The average Bonchev–Trinajstić information content (AvgIpc) is 2.33. The molecule has 92 valence electrons. The predicted octanol–water partition coefficient (Wildman–Crippen LogP) is 2.87. The largest absolute Gasteiger partial charge is 0.323 e. The number of benzene rings is 1. The van der Waals surface area contributed by atoms with E-state index in [-0.39, 0.29) is 13.1 Å². The zero-order valence-corrected chi connectivity index (χ0v) is 10.7. The van der Waals surface area contributed by atoms with Crippen LogP contribution in [0.25, 0.3) is 0 Å². The molecule has 0 heterocycles. The molecule has 0 spiro atoms. The van der Waals surface area contributed by atoms with Crippen LogP contribution in [0.15, 0.2) is 18.2 Å². The van der Waals surface area contributed by atoms with Crippen LogP contribution in [-0.4, -0.2) is 24.0 Å². The van der Waals surface area contributed by atoms with Gasteiger partial charge >= 0.3 is 6.03 Å². The summed E-state index contributed by atoms with van der Waals surface area (Å²) in [6.07, 6.45) is 0. The number of amides is 2. The smallest absolute Gasteiger partial charge is 0.308 e. The summed E-state index contributed by atoms with van der Waals surface area (Å²) in [5.41, 5.74) is 0.440. The summed E-state index contributed by atoms with van der Waals surface area (Å²) in [6.45, 7) is -0.332. The Kier molecular flexibility index (Phi) is 5.26. The minimum Gasteiger partial charge on any atom is -0.308 e. The number of anilines is 1. The van der Waals surface area contributed by atoms with Gasteiger partial charge < -0.3 is 5.32 Å². The highest BCUT2D eigenvalue weighted by atomic mass is 35.5. The van der Waals surface area contributed by atoms with Gasteiger partial charge in [0.2, 0.25) is 0 Å². The Hall–Kier alpha value is -1.95. The lowest BCUT2D eigenvalue weighted by Crippen LogP contribution is -2.35. The molecule has 18 heavy (non-hydrogen) atoms. The second kappa shape index (κ2) is 6.70. The van der Waals surface area contributed by atoms with Gasteiger partial charge in [-0.05, 0) is 18.2 Å². The SMILES string of the molecule is N#CCN(CC#N)C(=O)Nc1ccc(Cl)c(Cl)c1. The van der Waals surface area contributed by atoms with Crippen LogP contribution in [-0.2, 0) is 0 Å². The van der Waals surface area contributed by atoms with Crippen molar-refractivity contribution in [1.29, 1.82) is 10.5 Å². The Morgan fingerprint density at radius 3 is 2.33 bits per heavy atom. The van der Waals surface area contributed by atoms with Gasteiger partial charge in [0.15, 0.2) is 0 Å². The molecule has 0 aliphatic carbocycles. The van der Waals surface area contributed by atoms with Crippen LogP contribution < -0.4 is 5.32 Å². The normalized spacial score (nSPS) is 9.11. The summed E-state index contributed by atoms with van der Waals surface area (Å²) in [5.74, 6) is 0. The summed E-state index contributed by atoms with van der Waals surface area (Å²) in [7, 11) is 0. The van der Waals surface area contributed by atoms with Crippen molar-refractivity contribution in [3.8, 4) is 12.1 Å². The first kappa shape index (κ1) is 14.1. The van der Waals surface area contributed by atoms with Crippen LogP contribution in [0.1, 0.15) is 0 Å². The minimum atomic E-state index is -0.545. The number of hydrogen-bond donors (Lipinski definition) is 1. The first-order chi connectivity index (χ1) is 8.58. The molecule has 1 aromatic rings. The Morgan fingerprint density at radius 1 is 1.22 bits per heavy atom. The van der Waals surface area contributed by atoms with Crippen molar-refractivity contribution >= 4 is 34.9 Å². The van der Waals surface area contributed by atoms with E-state index in [4.69, 9.17) is 33.7 Å². The quantitative estimate of drug-likeness (QED) is 0.866. The van der Waals surface area contributed by atoms with Crippen LogP contribution in [0, 0.1) is 22.7 Å². The molecule has 0 bridgehead atoms. The topological polar surface area (TPSA) is 79.9 Å². The summed E-state index contributed by atoms with van der Waals surface area (Å²) in [5, 5.41) is 20.3. The highest BCUT2D eigenvalue weighted by molar-refractivity contribution is 6.42. The van der Waals surface area contributed by atoms with E-state index in [0.717, 1.165) is 4.90 Å². The van der Waals surface area contributed by atoms with Crippen LogP contribution in [0.2, 0.25) is 10.0 Å². The summed E-state index contributed by atoms with van der Waals surface area (Å²) in [6, 6.07) is 7.67. The number of hydrogen-bond acceptors (Lipinski definition) is 3. The van der Waals surface area contributed by atoms with Crippen LogP contribution in [0.3, 0.4) is 0 Å². The number of urea groups is 1. The molecule has 0 saturated carbocycles. The average molecular weight is 283 g/mol. The fourth-order valence-corrected chi connectivity index (χ4v) is 1.44. The van der Waals surface area contributed by atoms with Gasteiger partial charge in [0.1, 0.15) is 13.1 Å². The first-order valence-electron chi connectivity index (χ1n) is 4.83. The molecule has 0 atom stereocenters. The summed E-state index contributed by atoms with van der Waals surface area (Å²) in [4.78, 5) is 12.8. The number of nitrogens with zero attached hydrogens (tertiary/aromatic N) is 3. The number of carbonyl (C=O) groups excluding carboxylic acids is 1. The molecular formula is C11H8Cl2N4O. The van der Waals surface area contributed by atoms with Crippen molar-refractivity contribution in [2.45, 2.75) is 0 Å². The van der Waals surface area contributed by atoms with Crippen molar-refractivity contribution in [2.75, 3.05) is 18.4 Å². The van der Waals surface area contributed by atoms with Gasteiger partial charge in [0.05, 0.1) is 22.2 Å². The third kappa shape index (κ3) is 3.81. The van der Waals surface area contributed by atoms with Gasteiger partial charge in [0.25, 0.3) is 0 Å². The first-order valence-corrected chi connectivity index (χ1v) is 5.59. The van der Waals surface area contributed by atoms with E-state index in [2.05, 4.69) is 5.32 Å². The highest BCUT2D eigenvalue weighted by Crippen LogP contribution is 2.25. The lowest BCUT2D eigenvalue weighted by Gasteiger charge is -2.16. The van der Waals surface area contributed by atoms with E-state index in [9.17, 15) is 4.79 Å². The van der Waals surface area contributed by atoms with Gasteiger partial charge in [-0.15, -0.1) is 0 Å². The number of nitriles is 2. The summed E-state index contributed by atoms with van der Waals surface area (Å²) < 4.78 is 0. The lowest BCUT2D eigenvalue weighted by molar-refractivity contribution is 0.223. The van der Waals surface area contributed by atoms with E-state index in [1.54, 1.807) is 24.3 Å². The number of rotatable bonds is 3. The Morgan fingerprint density at radius 2 is 1.83 bits per heavy atom. The van der Waals surface area contributed by atoms with Crippen LogP contribution >= 0.6 is 23.2 Å². The monoisotopic (exact) mass is 282 g/mol. The highest BCUT2D eigenvalue weighted by Gasteiger charge is 2.13. The third-order valence-electron chi connectivity index (χ3n) is 1.98. The maximum absolute atomic E-state index is 11.7. The van der Waals surface area contributed by atoms with Crippen molar-refractivity contribution < 1.29 is 4.79 Å². The number of halogens is 2. The second-order valence-corrected chi connectivity index (χ2v) is 4.05. The van der Waals surface area contributed by atoms with E-state index in [0.29, 0.717) is 15.7 Å². The number of carbonyl (C=O) groups is 1. The van der Waals surface area contributed by atoms with E-state index < -0.39 is 6.03 Å². The molecule has 2 amide bonds. The Balaban J connectivity index is 2.77. The molecule has 5 nitrogen and oxygen atoms in total. The molecular weight excluding hydrogens is 275 g/mol. The van der Waals surface area contributed by atoms with E-state index in [1.807, 2.05) is 0 Å². The van der Waals surface area contributed by atoms with Gasteiger partial charge in [-0.2, -0.15) is 10.5 Å². The fourth-order valence-electron chi connectivity index (χ4n) is 1.15. The van der Waals surface area contributed by atoms with Crippen molar-refractivity contribution in [1.82, 2.24) is 4.90 Å². The fraction of sp³-hybridized carbons (Fsp3) is 0.182. The zero-order valence-electron chi connectivity index (χ0n) is 9.15. The maximum Gasteiger partial charge on any atom is 0.323 e. The zero-order chi connectivity index (χ0) is 13.5. The third-order valence-corrected chi connectivity index (χ3v) is 2.72. The molecule has 0 unspecified atom stereocenters. The predicted molar refractivity (Wildman–Crippen MR) is 68.3 cm³/mol.